The summed E-state index contributed by atoms with van der Waals surface area (Å²) in [6, 6.07) is 15.4. The number of carbonyl (C=O) groups is 1. The van der Waals surface area contributed by atoms with Crippen LogP contribution < -0.4 is 15.3 Å². The van der Waals surface area contributed by atoms with E-state index in [1.807, 2.05) is 25.1 Å². The number of benzene rings is 3. The van der Waals surface area contributed by atoms with E-state index < -0.39 is 12.1 Å². The summed E-state index contributed by atoms with van der Waals surface area (Å²) < 4.78 is 30.0. The van der Waals surface area contributed by atoms with Crippen LogP contribution in [0.25, 0.3) is 22.0 Å². The molecular weight excluding hydrogens is 493 g/mol. The summed E-state index contributed by atoms with van der Waals surface area (Å²) in [7, 11) is 2.81. The number of aromatic nitrogens is 1. The summed E-state index contributed by atoms with van der Waals surface area (Å²) in [6.45, 7) is 2.53. The summed E-state index contributed by atoms with van der Waals surface area (Å²) in [5, 5.41) is 13.7. The number of aromatic amines is 1. The van der Waals surface area contributed by atoms with Gasteiger partial charge < -0.3 is 24.3 Å². The zero-order chi connectivity index (χ0) is 27.7. The van der Waals surface area contributed by atoms with Gasteiger partial charge >= 0.3 is 5.97 Å². The number of methoxy groups -OCH3 is 2. The van der Waals surface area contributed by atoms with Gasteiger partial charge in [0, 0.05) is 34.4 Å². The molecule has 3 aromatic carbocycles. The number of halogens is 1. The average molecular weight is 524 g/mol. The SMILES string of the molecule is CCCOc1ccc(-c2ccc(C(=O)OC)c(OC)c2)cc1C(O)Cc1c[nH]c2ccc(F)cc12.NN=O. The molecule has 1 aromatic heterocycles. The van der Waals surface area contributed by atoms with Crippen molar-refractivity contribution in [1.82, 2.24) is 4.98 Å². The molecule has 0 spiro atoms. The zero-order valence-corrected chi connectivity index (χ0v) is 21.4. The van der Waals surface area contributed by atoms with Gasteiger partial charge in [0.15, 0.2) is 0 Å². The van der Waals surface area contributed by atoms with Gasteiger partial charge in [-0.3, -0.25) is 5.84 Å². The largest absolute Gasteiger partial charge is 0.496 e. The molecular formula is C28H30FN3O6. The number of H-pyrrole nitrogens is 1. The van der Waals surface area contributed by atoms with Gasteiger partial charge in [0.25, 0.3) is 0 Å². The van der Waals surface area contributed by atoms with Crippen molar-refractivity contribution in [3.63, 3.8) is 0 Å². The molecule has 0 saturated carbocycles. The van der Waals surface area contributed by atoms with Crippen LogP contribution in [0.3, 0.4) is 0 Å². The second kappa shape index (κ2) is 13.2. The maximum absolute atomic E-state index is 13.8. The number of rotatable bonds is 9. The Morgan fingerprint density at radius 3 is 2.47 bits per heavy atom. The van der Waals surface area contributed by atoms with E-state index in [9.17, 15) is 14.3 Å². The molecule has 0 saturated heterocycles. The molecule has 4 rings (SSSR count). The van der Waals surface area contributed by atoms with Crippen LogP contribution in [0.5, 0.6) is 11.5 Å². The Kier molecular flexibility index (Phi) is 9.78. The van der Waals surface area contributed by atoms with E-state index in [-0.39, 0.29) is 12.2 Å². The summed E-state index contributed by atoms with van der Waals surface area (Å²) in [4.78, 5) is 23.5. The summed E-state index contributed by atoms with van der Waals surface area (Å²) >= 11 is 0. The van der Waals surface area contributed by atoms with Crippen LogP contribution in [-0.4, -0.2) is 36.9 Å². The summed E-state index contributed by atoms with van der Waals surface area (Å²) in [5.41, 5.74) is 4.19. The Balaban J connectivity index is 0.00000127. The lowest BCUT2D eigenvalue weighted by molar-refractivity contribution is 0.0597. The fourth-order valence-electron chi connectivity index (χ4n) is 4.12. The first-order chi connectivity index (χ1) is 18.4. The lowest BCUT2D eigenvalue weighted by Gasteiger charge is -2.18. The number of fused-ring (bicyclic) bond motifs is 1. The van der Waals surface area contributed by atoms with Crippen LogP contribution in [0.4, 0.5) is 4.39 Å². The molecule has 0 aliphatic rings. The molecule has 0 amide bonds. The first-order valence-electron chi connectivity index (χ1n) is 11.9. The van der Waals surface area contributed by atoms with Crippen molar-refractivity contribution in [2.24, 2.45) is 11.1 Å². The van der Waals surface area contributed by atoms with Gasteiger partial charge in [-0.25, -0.2) is 9.18 Å². The Bertz CT molecular complexity index is 1400. The molecule has 1 unspecified atom stereocenters. The Morgan fingerprint density at radius 2 is 1.79 bits per heavy atom. The van der Waals surface area contributed by atoms with Gasteiger partial charge in [0.1, 0.15) is 22.9 Å². The number of aliphatic hydroxyl groups excluding tert-OH is 1. The fourth-order valence-corrected chi connectivity index (χ4v) is 4.12. The van der Waals surface area contributed by atoms with E-state index >= 15 is 0 Å². The molecule has 0 fully saturated rings. The van der Waals surface area contributed by atoms with Crippen LogP contribution in [-0.2, 0) is 11.2 Å². The number of hydrogen-bond acceptors (Lipinski definition) is 7. The maximum Gasteiger partial charge on any atom is 0.341 e. The fraction of sp³-hybridized carbons (Fsp3) is 0.250. The maximum atomic E-state index is 13.8. The highest BCUT2D eigenvalue weighted by molar-refractivity contribution is 5.93. The molecule has 0 radical (unpaired) electrons. The first-order valence-corrected chi connectivity index (χ1v) is 11.9. The molecule has 4 aromatic rings. The van der Waals surface area contributed by atoms with E-state index in [2.05, 4.69) is 10.8 Å². The molecule has 38 heavy (non-hydrogen) atoms. The normalized spacial score (nSPS) is 11.3. The Labute approximate surface area is 219 Å². The van der Waals surface area contributed by atoms with Gasteiger partial charge in [-0.1, -0.05) is 19.1 Å². The minimum absolute atomic E-state index is 0.278. The third kappa shape index (κ3) is 6.46. The summed E-state index contributed by atoms with van der Waals surface area (Å²) in [5.74, 6) is 4.09. The van der Waals surface area contributed by atoms with Gasteiger partial charge in [-0.05, 0) is 65.6 Å². The van der Waals surface area contributed by atoms with E-state index in [4.69, 9.17) is 19.1 Å². The molecule has 0 aliphatic carbocycles. The van der Waals surface area contributed by atoms with Gasteiger partial charge in [-0.2, -0.15) is 0 Å². The number of aliphatic hydroxyl groups is 1. The number of nitrogens with zero attached hydrogens (tertiary/aromatic N) is 1. The number of ether oxygens (including phenoxy) is 3. The number of hydrogen-bond donors (Lipinski definition) is 3. The van der Waals surface area contributed by atoms with Gasteiger partial charge in [0.05, 0.1) is 26.9 Å². The predicted molar refractivity (Wildman–Crippen MR) is 142 cm³/mol. The van der Waals surface area contributed by atoms with Crippen LogP contribution >= 0.6 is 0 Å². The van der Waals surface area contributed by atoms with Crippen molar-refractivity contribution in [2.45, 2.75) is 25.9 Å². The van der Waals surface area contributed by atoms with Crippen LogP contribution in [0.15, 0.2) is 66.1 Å². The molecule has 1 heterocycles. The van der Waals surface area contributed by atoms with Crippen molar-refractivity contribution in [3.05, 3.63) is 88.2 Å². The van der Waals surface area contributed by atoms with Crippen molar-refractivity contribution in [3.8, 4) is 22.6 Å². The van der Waals surface area contributed by atoms with E-state index in [0.29, 0.717) is 29.2 Å². The lowest BCUT2D eigenvalue weighted by Crippen LogP contribution is -2.07. The number of nitrogens with one attached hydrogen (secondary N) is 1. The predicted octanol–water partition coefficient (Wildman–Crippen LogP) is 5.46. The minimum atomic E-state index is -0.889. The topological polar surface area (TPSA) is 136 Å². The third-order valence-electron chi connectivity index (χ3n) is 5.91. The molecule has 0 aliphatic heterocycles. The molecule has 0 bridgehead atoms. The summed E-state index contributed by atoms with van der Waals surface area (Å²) in [6.07, 6.45) is 2.01. The van der Waals surface area contributed by atoms with Crippen LogP contribution in [0.1, 0.15) is 40.9 Å². The van der Waals surface area contributed by atoms with Gasteiger partial charge in [0.2, 0.25) is 0 Å². The standard InChI is InChI=1S/C28H28FNO5.H2N2O/c1-4-11-35-26-10-6-17(18-5-8-21(28(32)34-3)27(14-18)33-2)12-23(26)25(31)13-19-16-30-24-9-7-20(29)15-22(19)24;1-2-3/h5-10,12,14-16,25,30-31H,4,11,13H2,1-3H3;(H2,1,3). The second-order valence-corrected chi connectivity index (χ2v) is 8.34. The van der Waals surface area contributed by atoms with Crippen molar-refractivity contribution >= 4 is 16.9 Å². The zero-order valence-electron chi connectivity index (χ0n) is 21.4. The average Bonchev–Trinajstić information content (AvgIpc) is 3.32. The highest BCUT2D eigenvalue weighted by Gasteiger charge is 2.19. The lowest BCUT2D eigenvalue weighted by atomic mass is 9.95. The minimum Gasteiger partial charge on any atom is -0.496 e. The smallest absolute Gasteiger partial charge is 0.341 e. The number of carbonyl (C=O) groups excluding carboxylic acids is 1. The second-order valence-electron chi connectivity index (χ2n) is 8.34. The van der Waals surface area contributed by atoms with Crippen LogP contribution in [0, 0.1) is 10.7 Å². The third-order valence-corrected chi connectivity index (χ3v) is 5.91. The number of esters is 1. The Morgan fingerprint density at radius 1 is 1.08 bits per heavy atom. The van der Waals surface area contributed by atoms with Gasteiger partial charge in [-0.15, -0.1) is 4.91 Å². The highest BCUT2D eigenvalue weighted by atomic mass is 19.1. The molecule has 10 heteroatoms. The number of nitroso groups, excluding NO2 is 1. The number of nitrogens with two attached hydrogens (primary N) is 1. The van der Waals surface area contributed by atoms with E-state index in [1.165, 1.54) is 26.4 Å². The quantitative estimate of drug-likeness (QED) is 0.115. The van der Waals surface area contributed by atoms with Crippen molar-refractivity contribution in [2.75, 3.05) is 20.8 Å². The molecule has 200 valence electrons. The van der Waals surface area contributed by atoms with E-state index in [0.717, 1.165) is 34.0 Å². The van der Waals surface area contributed by atoms with E-state index in [1.54, 1.807) is 35.7 Å². The first kappa shape index (κ1) is 28.1. The molecule has 4 N–H and O–H groups in total. The van der Waals surface area contributed by atoms with Crippen molar-refractivity contribution in [1.29, 1.82) is 0 Å². The molecule has 9 nitrogen and oxygen atoms in total. The Hall–Kier alpha value is -4.44. The monoisotopic (exact) mass is 523 g/mol. The van der Waals surface area contributed by atoms with Crippen LogP contribution in [0.2, 0.25) is 0 Å². The highest BCUT2D eigenvalue weighted by Crippen LogP contribution is 2.35. The molecule has 1 atom stereocenters. The van der Waals surface area contributed by atoms with Crippen molar-refractivity contribution < 1.29 is 28.5 Å².